The van der Waals surface area contributed by atoms with Gasteiger partial charge in [0.15, 0.2) is 0 Å². The third kappa shape index (κ3) is 2.47. The molecule has 0 radical (unpaired) electrons. The Hall–Kier alpha value is -1.10. The minimum atomic E-state index is -1.09. The van der Waals surface area contributed by atoms with E-state index in [2.05, 4.69) is 5.32 Å². The van der Waals surface area contributed by atoms with Crippen molar-refractivity contribution in [1.82, 2.24) is 10.2 Å². The fraction of sp³-hybridized carbons (Fsp3) is 0.800. The van der Waals surface area contributed by atoms with Crippen LogP contribution in [0.25, 0.3) is 0 Å². The third-order valence-electron chi connectivity index (χ3n) is 2.84. The van der Waals surface area contributed by atoms with E-state index in [0.29, 0.717) is 19.4 Å². The van der Waals surface area contributed by atoms with Gasteiger partial charge >= 0.3 is 5.97 Å². The molecule has 0 aromatic carbocycles. The van der Waals surface area contributed by atoms with E-state index in [1.54, 1.807) is 7.05 Å². The molecular formula is C10H18N2O3. The number of nitrogens with zero attached hydrogens (tertiary/aromatic N) is 1. The number of carboxylic acids is 1. The molecule has 15 heavy (non-hydrogen) atoms. The highest BCUT2D eigenvalue weighted by molar-refractivity contribution is 6.04. The highest BCUT2D eigenvalue weighted by Gasteiger charge is 2.58. The van der Waals surface area contributed by atoms with E-state index in [4.69, 9.17) is 5.11 Å². The molecule has 0 heterocycles. The van der Waals surface area contributed by atoms with Gasteiger partial charge in [0.1, 0.15) is 5.41 Å². The maximum absolute atomic E-state index is 11.8. The summed E-state index contributed by atoms with van der Waals surface area (Å²) >= 11 is 0. The molecule has 0 aromatic rings. The zero-order chi connectivity index (χ0) is 11.5. The second-order valence-electron chi connectivity index (χ2n) is 4.07. The number of amides is 1. The van der Waals surface area contributed by atoms with Crippen molar-refractivity contribution in [3.05, 3.63) is 0 Å². The van der Waals surface area contributed by atoms with Gasteiger partial charge in [-0.2, -0.15) is 0 Å². The molecule has 0 unspecified atom stereocenters. The van der Waals surface area contributed by atoms with Gasteiger partial charge < -0.3 is 15.3 Å². The van der Waals surface area contributed by atoms with E-state index < -0.39 is 11.4 Å². The van der Waals surface area contributed by atoms with Gasteiger partial charge in [-0.1, -0.05) is 0 Å². The van der Waals surface area contributed by atoms with Crippen LogP contribution < -0.4 is 5.32 Å². The Balaban J connectivity index is 2.43. The summed E-state index contributed by atoms with van der Waals surface area (Å²) in [7, 11) is 3.52. The molecule has 1 rings (SSSR count). The van der Waals surface area contributed by atoms with Crippen molar-refractivity contribution >= 4 is 11.9 Å². The van der Waals surface area contributed by atoms with E-state index in [9.17, 15) is 9.59 Å². The topological polar surface area (TPSA) is 69.6 Å². The summed E-state index contributed by atoms with van der Waals surface area (Å²) in [5.41, 5.74) is -1.09. The molecule has 0 aromatic heterocycles. The molecular weight excluding hydrogens is 196 g/mol. The SMILES string of the molecule is CNCCCN(C)C(=O)C1(C(=O)O)CC1. The van der Waals surface area contributed by atoms with Crippen LogP contribution in [0, 0.1) is 5.41 Å². The molecule has 2 N–H and O–H groups in total. The Morgan fingerprint density at radius 2 is 2.07 bits per heavy atom. The van der Waals surface area contributed by atoms with Crippen LogP contribution in [0.4, 0.5) is 0 Å². The molecule has 0 atom stereocenters. The fourth-order valence-electron chi connectivity index (χ4n) is 1.60. The average molecular weight is 214 g/mol. The van der Waals surface area contributed by atoms with E-state index >= 15 is 0 Å². The number of carbonyl (C=O) groups is 2. The van der Waals surface area contributed by atoms with E-state index in [1.165, 1.54) is 4.90 Å². The molecule has 0 bridgehead atoms. The van der Waals surface area contributed by atoms with Crippen molar-refractivity contribution < 1.29 is 14.7 Å². The summed E-state index contributed by atoms with van der Waals surface area (Å²) in [5, 5.41) is 11.9. The molecule has 1 fully saturated rings. The first-order valence-electron chi connectivity index (χ1n) is 5.18. The van der Waals surface area contributed by atoms with Gasteiger partial charge in [0.25, 0.3) is 0 Å². The number of hydrogen-bond acceptors (Lipinski definition) is 3. The maximum Gasteiger partial charge on any atom is 0.319 e. The lowest BCUT2D eigenvalue weighted by molar-refractivity contribution is -0.152. The van der Waals surface area contributed by atoms with Gasteiger partial charge in [-0.15, -0.1) is 0 Å². The normalized spacial score (nSPS) is 17.2. The Kier molecular flexibility index (Phi) is 3.68. The lowest BCUT2D eigenvalue weighted by Crippen LogP contribution is -2.39. The molecule has 0 aliphatic heterocycles. The molecule has 1 aliphatic carbocycles. The van der Waals surface area contributed by atoms with Crippen molar-refractivity contribution in [2.24, 2.45) is 5.41 Å². The maximum atomic E-state index is 11.8. The number of carbonyl (C=O) groups excluding carboxylic acids is 1. The lowest BCUT2D eigenvalue weighted by atomic mass is 10.1. The predicted octanol–water partition coefficient (Wildman–Crippen LogP) is -0.0809. The highest BCUT2D eigenvalue weighted by Crippen LogP contribution is 2.47. The second-order valence-corrected chi connectivity index (χ2v) is 4.07. The number of aliphatic carboxylic acids is 1. The first kappa shape index (κ1) is 12.0. The summed E-state index contributed by atoms with van der Waals surface area (Å²) in [4.78, 5) is 24.2. The standard InChI is InChI=1S/C10H18N2O3/c1-11-6-3-7-12(2)8(13)10(4-5-10)9(14)15/h11H,3-7H2,1-2H3,(H,14,15). The van der Waals surface area contributed by atoms with Crippen molar-refractivity contribution in [2.45, 2.75) is 19.3 Å². The van der Waals surface area contributed by atoms with Crippen molar-refractivity contribution in [2.75, 3.05) is 27.2 Å². The van der Waals surface area contributed by atoms with Crippen LogP contribution in [0.2, 0.25) is 0 Å². The Bertz CT molecular complexity index is 261. The first-order valence-corrected chi connectivity index (χ1v) is 5.18. The highest BCUT2D eigenvalue weighted by atomic mass is 16.4. The lowest BCUT2D eigenvalue weighted by Gasteiger charge is -2.20. The minimum Gasteiger partial charge on any atom is -0.480 e. The van der Waals surface area contributed by atoms with Crippen LogP contribution in [-0.2, 0) is 9.59 Å². The zero-order valence-corrected chi connectivity index (χ0v) is 9.25. The fourth-order valence-corrected chi connectivity index (χ4v) is 1.60. The smallest absolute Gasteiger partial charge is 0.319 e. The van der Waals surface area contributed by atoms with E-state index in [0.717, 1.165) is 13.0 Å². The monoisotopic (exact) mass is 214 g/mol. The van der Waals surface area contributed by atoms with Crippen LogP contribution in [0.5, 0.6) is 0 Å². The molecule has 1 saturated carbocycles. The first-order chi connectivity index (χ1) is 7.04. The van der Waals surface area contributed by atoms with Crippen molar-refractivity contribution in [3.63, 3.8) is 0 Å². The molecule has 86 valence electrons. The van der Waals surface area contributed by atoms with Crippen molar-refractivity contribution in [3.8, 4) is 0 Å². The van der Waals surface area contributed by atoms with Gasteiger partial charge in [0.2, 0.25) is 5.91 Å². The second kappa shape index (κ2) is 4.61. The molecule has 1 aliphatic rings. The molecule has 5 heteroatoms. The summed E-state index contributed by atoms with van der Waals surface area (Å²) in [6, 6.07) is 0. The quantitative estimate of drug-likeness (QED) is 0.479. The van der Waals surface area contributed by atoms with Crippen LogP contribution in [-0.4, -0.2) is 49.1 Å². The molecule has 0 spiro atoms. The van der Waals surface area contributed by atoms with Gasteiger partial charge in [-0.3, -0.25) is 9.59 Å². The number of carboxylic acid groups (broad SMARTS) is 1. The summed E-state index contributed by atoms with van der Waals surface area (Å²) in [5.74, 6) is -1.22. The van der Waals surface area contributed by atoms with Gasteiger partial charge in [-0.05, 0) is 32.9 Å². The molecule has 5 nitrogen and oxygen atoms in total. The third-order valence-corrected chi connectivity index (χ3v) is 2.84. The van der Waals surface area contributed by atoms with Gasteiger partial charge in [-0.25, -0.2) is 0 Å². The Morgan fingerprint density at radius 3 is 2.47 bits per heavy atom. The molecule has 1 amide bonds. The summed E-state index contributed by atoms with van der Waals surface area (Å²) in [6.45, 7) is 1.44. The number of hydrogen-bond donors (Lipinski definition) is 2. The van der Waals surface area contributed by atoms with Crippen LogP contribution >= 0.6 is 0 Å². The van der Waals surface area contributed by atoms with E-state index in [1.807, 2.05) is 7.05 Å². The number of rotatable bonds is 6. The summed E-state index contributed by atoms with van der Waals surface area (Å²) in [6.07, 6.45) is 1.81. The molecule has 0 saturated heterocycles. The summed E-state index contributed by atoms with van der Waals surface area (Å²) < 4.78 is 0. The van der Waals surface area contributed by atoms with Crippen LogP contribution in [0.1, 0.15) is 19.3 Å². The predicted molar refractivity (Wildman–Crippen MR) is 55.5 cm³/mol. The van der Waals surface area contributed by atoms with Crippen LogP contribution in [0.3, 0.4) is 0 Å². The number of nitrogens with one attached hydrogen (secondary N) is 1. The van der Waals surface area contributed by atoms with E-state index in [-0.39, 0.29) is 5.91 Å². The van der Waals surface area contributed by atoms with Crippen LogP contribution in [0.15, 0.2) is 0 Å². The Morgan fingerprint density at radius 1 is 1.47 bits per heavy atom. The zero-order valence-electron chi connectivity index (χ0n) is 9.25. The van der Waals surface area contributed by atoms with Crippen molar-refractivity contribution in [1.29, 1.82) is 0 Å². The minimum absolute atomic E-state index is 0.244. The van der Waals surface area contributed by atoms with Gasteiger partial charge in [0, 0.05) is 13.6 Å². The largest absolute Gasteiger partial charge is 0.480 e. The van der Waals surface area contributed by atoms with Gasteiger partial charge in [0.05, 0.1) is 0 Å². The average Bonchev–Trinajstić information content (AvgIpc) is 2.97. The Labute approximate surface area is 89.4 Å².